The molecule has 5 rings (SSSR count). The van der Waals surface area contributed by atoms with E-state index in [1.54, 1.807) is 18.9 Å². The van der Waals surface area contributed by atoms with Crippen LogP contribution >= 0.6 is 11.8 Å². The summed E-state index contributed by atoms with van der Waals surface area (Å²) in [5.74, 6) is 2.27. The Morgan fingerprint density at radius 3 is 2.66 bits per heavy atom. The molecule has 2 heterocycles. The molecular formula is C25H24N4O2S. The highest BCUT2D eigenvalue weighted by Gasteiger charge is 2.27. The third-order valence-electron chi connectivity index (χ3n) is 5.48. The summed E-state index contributed by atoms with van der Waals surface area (Å²) in [4.78, 5) is 4.74. The van der Waals surface area contributed by atoms with Gasteiger partial charge in [0.25, 0.3) is 0 Å². The van der Waals surface area contributed by atoms with E-state index in [0.29, 0.717) is 16.7 Å². The molecule has 6 nitrogen and oxygen atoms in total. The molecule has 0 saturated carbocycles. The van der Waals surface area contributed by atoms with Crippen molar-refractivity contribution >= 4 is 28.2 Å². The maximum atomic E-state index is 6.48. The fourth-order valence-electron chi connectivity index (χ4n) is 3.86. The summed E-state index contributed by atoms with van der Waals surface area (Å²) in [5, 5.41) is 15.1. The summed E-state index contributed by atoms with van der Waals surface area (Å²) in [7, 11) is 1.69. The van der Waals surface area contributed by atoms with Crippen molar-refractivity contribution in [1.82, 2.24) is 15.2 Å². The number of aromatic nitrogens is 3. The standard InChI is InChI=1S/C25H24N4O2S/c1-3-4-15-32-25-27-24-22(28-29-25)19-11-7-8-12-20(19)26-23(31-24)18-13-14-21(30-2)17-10-6-5-9-16(17)18/h5-14,23,26H,3-4,15H2,1-2H3/t23-/m1/s1. The smallest absolute Gasteiger partial charge is 0.247 e. The van der Waals surface area contributed by atoms with Gasteiger partial charge in [0.1, 0.15) is 5.75 Å². The van der Waals surface area contributed by atoms with Gasteiger partial charge in [0.05, 0.1) is 7.11 Å². The van der Waals surface area contributed by atoms with Gasteiger partial charge in [-0.15, -0.1) is 10.2 Å². The Morgan fingerprint density at radius 1 is 1.00 bits per heavy atom. The average molecular weight is 445 g/mol. The second-order valence-corrected chi connectivity index (χ2v) is 8.60. The zero-order chi connectivity index (χ0) is 21.9. The van der Waals surface area contributed by atoms with Gasteiger partial charge >= 0.3 is 0 Å². The van der Waals surface area contributed by atoms with E-state index in [2.05, 4.69) is 34.6 Å². The molecular weight excluding hydrogens is 420 g/mol. The molecule has 0 unspecified atom stereocenters. The quantitative estimate of drug-likeness (QED) is 0.285. The first-order chi connectivity index (χ1) is 15.8. The first kappa shape index (κ1) is 20.6. The number of nitrogens with zero attached hydrogens (tertiary/aromatic N) is 3. The second kappa shape index (κ2) is 9.04. The number of fused-ring (bicyclic) bond motifs is 4. The molecule has 0 fully saturated rings. The van der Waals surface area contributed by atoms with Gasteiger partial charge in [-0.1, -0.05) is 67.6 Å². The van der Waals surface area contributed by atoms with Crippen LogP contribution in [0.3, 0.4) is 0 Å². The Morgan fingerprint density at radius 2 is 1.81 bits per heavy atom. The Bertz CT molecular complexity index is 1260. The zero-order valence-electron chi connectivity index (χ0n) is 18.0. The molecule has 0 saturated heterocycles. The summed E-state index contributed by atoms with van der Waals surface area (Å²) in [6.07, 6.45) is 1.79. The van der Waals surface area contributed by atoms with Crippen molar-refractivity contribution in [3.63, 3.8) is 0 Å². The fourth-order valence-corrected chi connectivity index (χ4v) is 4.72. The van der Waals surface area contributed by atoms with Gasteiger partial charge in [-0.05, 0) is 30.0 Å². The van der Waals surface area contributed by atoms with Gasteiger partial charge in [-0.25, -0.2) is 0 Å². The van der Waals surface area contributed by atoms with Crippen molar-refractivity contribution in [2.75, 3.05) is 18.2 Å². The lowest BCUT2D eigenvalue weighted by atomic mass is 10.0. The predicted molar refractivity (Wildman–Crippen MR) is 128 cm³/mol. The van der Waals surface area contributed by atoms with Gasteiger partial charge in [0.15, 0.2) is 11.9 Å². The van der Waals surface area contributed by atoms with Crippen LogP contribution in [0.25, 0.3) is 22.0 Å². The number of anilines is 1. The summed E-state index contributed by atoms with van der Waals surface area (Å²) in [6, 6.07) is 20.2. The lowest BCUT2D eigenvalue weighted by Gasteiger charge is -2.21. The number of ether oxygens (including phenoxy) is 2. The molecule has 0 spiro atoms. The first-order valence-corrected chi connectivity index (χ1v) is 11.7. The van der Waals surface area contributed by atoms with E-state index >= 15 is 0 Å². The lowest BCUT2D eigenvalue weighted by molar-refractivity contribution is 0.226. The maximum absolute atomic E-state index is 6.48. The van der Waals surface area contributed by atoms with Gasteiger partial charge in [0.2, 0.25) is 11.0 Å². The third kappa shape index (κ3) is 3.84. The van der Waals surface area contributed by atoms with E-state index < -0.39 is 6.23 Å². The van der Waals surface area contributed by atoms with Crippen molar-refractivity contribution in [1.29, 1.82) is 0 Å². The molecule has 1 N–H and O–H groups in total. The molecule has 0 bridgehead atoms. The second-order valence-electron chi connectivity index (χ2n) is 7.54. The molecule has 0 aliphatic carbocycles. The van der Waals surface area contributed by atoms with Crippen LogP contribution in [-0.4, -0.2) is 28.0 Å². The highest BCUT2D eigenvalue weighted by molar-refractivity contribution is 7.99. The molecule has 1 atom stereocenters. The van der Waals surface area contributed by atoms with E-state index in [1.807, 2.05) is 48.5 Å². The Balaban J connectivity index is 1.61. The Labute approximate surface area is 191 Å². The van der Waals surface area contributed by atoms with Crippen LogP contribution in [0, 0.1) is 0 Å². The monoisotopic (exact) mass is 444 g/mol. The van der Waals surface area contributed by atoms with Crippen LogP contribution in [-0.2, 0) is 0 Å². The average Bonchev–Trinajstić information content (AvgIpc) is 3.00. The molecule has 1 aliphatic rings. The number of rotatable bonds is 6. The molecule has 1 aromatic heterocycles. The number of methoxy groups -OCH3 is 1. The molecule has 4 aromatic rings. The molecule has 162 valence electrons. The molecule has 32 heavy (non-hydrogen) atoms. The van der Waals surface area contributed by atoms with E-state index in [1.165, 1.54) is 0 Å². The van der Waals surface area contributed by atoms with Crippen LogP contribution in [0.5, 0.6) is 11.6 Å². The normalized spacial score (nSPS) is 14.6. The van der Waals surface area contributed by atoms with E-state index in [9.17, 15) is 0 Å². The van der Waals surface area contributed by atoms with Gasteiger partial charge in [-0.3, -0.25) is 0 Å². The van der Waals surface area contributed by atoms with Crippen molar-refractivity contribution < 1.29 is 9.47 Å². The molecule has 1 aliphatic heterocycles. The van der Waals surface area contributed by atoms with Crippen LogP contribution in [0.4, 0.5) is 5.69 Å². The van der Waals surface area contributed by atoms with E-state index in [0.717, 1.165) is 51.9 Å². The highest BCUT2D eigenvalue weighted by atomic mass is 32.2. The Hall–Kier alpha value is -3.32. The molecule has 7 heteroatoms. The van der Waals surface area contributed by atoms with Crippen molar-refractivity contribution in [2.45, 2.75) is 31.1 Å². The number of thioether (sulfide) groups is 1. The van der Waals surface area contributed by atoms with Crippen LogP contribution in [0.1, 0.15) is 31.6 Å². The van der Waals surface area contributed by atoms with E-state index in [-0.39, 0.29) is 0 Å². The summed E-state index contributed by atoms with van der Waals surface area (Å²) in [5.41, 5.74) is 3.50. The SMILES string of the molecule is CCCCSc1nnc2c(n1)O[C@H](c1ccc(OC)c3ccccc13)Nc1ccccc1-2. The maximum Gasteiger partial charge on any atom is 0.247 e. The summed E-state index contributed by atoms with van der Waals surface area (Å²) >= 11 is 1.61. The van der Waals surface area contributed by atoms with Gasteiger partial charge in [0, 0.05) is 28.0 Å². The number of para-hydroxylation sites is 1. The molecule has 3 aromatic carbocycles. The van der Waals surface area contributed by atoms with E-state index in [4.69, 9.17) is 14.5 Å². The summed E-state index contributed by atoms with van der Waals surface area (Å²) < 4.78 is 12.1. The van der Waals surface area contributed by atoms with Crippen molar-refractivity contribution in [2.24, 2.45) is 0 Å². The van der Waals surface area contributed by atoms with Gasteiger partial charge in [-0.2, -0.15) is 4.98 Å². The lowest BCUT2D eigenvalue weighted by Crippen LogP contribution is -2.17. The van der Waals surface area contributed by atoms with Crippen molar-refractivity contribution in [3.05, 3.63) is 66.2 Å². The predicted octanol–water partition coefficient (Wildman–Crippen LogP) is 6.10. The van der Waals surface area contributed by atoms with Crippen LogP contribution in [0.15, 0.2) is 65.8 Å². The van der Waals surface area contributed by atoms with Gasteiger partial charge < -0.3 is 14.8 Å². The van der Waals surface area contributed by atoms with Crippen LogP contribution < -0.4 is 14.8 Å². The minimum Gasteiger partial charge on any atom is -0.496 e. The number of nitrogens with one attached hydrogen (secondary N) is 1. The van der Waals surface area contributed by atoms with Crippen molar-refractivity contribution in [3.8, 4) is 22.9 Å². The first-order valence-electron chi connectivity index (χ1n) is 10.7. The Kier molecular flexibility index (Phi) is 5.81. The molecule has 0 radical (unpaired) electrons. The third-order valence-corrected chi connectivity index (χ3v) is 6.41. The number of unbranched alkanes of at least 4 members (excludes halogenated alkanes) is 1. The molecule has 0 amide bonds. The fraction of sp³-hybridized carbons (Fsp3) is 0.240. The number of hydrogen-bond acceptors (Lipinski definition) is 7. The number of hydrogen-bond donors (Lipinski definition) is 1. The minimum absolute atomic E-state index is 0.446. The summed E-state index contributed by atoms with van der Waals surface area (Å²) in [6.45, 7) is 2.17. The largest absolute Gasteiger partial charge is 0.496 e. The topological polar surface area (TPSA) is 69.2 Å². The van der Waals surface area contributed by atoms with Crippen LogP contribution in [0.2, 0.25) is 0 Å². The zero-order valence-corrected chi connectivity index (χ0v) is 18.9. The minimum atomic E-state index is -0.446. The number of benzene rings is 3. The highest BCUT2D eigenvalue weighted by Crippen LogP contribution is 2.41.